The average Bonchev–Trinajstić information content (AvgIpc) is 2.15. The van der Waals surface area contributed by atoms with E-state index in [0.29, 0.717) is 5.56 Å². The number of nitrogens with two attached hydrogens (primary N) is 1. The van der Waals surface area contributed by atoms with E-state index in [9.17, 15) is 4.39 Å². The normalized spacial score (nSPS) is 12.8. The van der Waals surface area contributed by atoms with Crippen LogP contribution in [-0.2, 0) is 0 Å². The molecule has 0 spiro atoms. The zero-order valence-electron chi connectivity index (χ0n) is 7.83. The molecule has 0 saturated carbocycles. The highest BCUT2D eigenvalue weighted by atomic mass is 19.1. The Morgan fingerprint density at radius 3 is 3.00 bits per heavy atom. The largest absolute Gasteiger partial charge is 0.324 e. The van der Waals surface area contributed by atoms with Gasteiger partial charge in [0, 0.05) is 17.8 Å². The number of aromatic nitrogens is 1. The number of unbranched alkanes of at least 4 members (excludes halogenated alkanes) is 1. The van der Waals surface area contributed by atoms with Crippen molar-refractivity contribution in [2.45, 2.75) is 32.2 Å². The predicted molar refractivity (Wildman–Crippen MR) is 50.6 cm³/mol. The molecule has 1 rings (SSSR count). The molecule has 1 aromatic heterocycles. The molecular weight excluding hydrogens is 167 g/mol. The molecule has 3 heteroatoms. The third kappa shape index (κ3) is 2.77. The lowest BCUT2D eigenvalue weighted by molar-refractivity contribution is 0.522. The molecule has 2 nitrogen and oxygen atoms in total. The van der Waals surface area contributed by atoms with Crippen molar-refractivity contribution in [3.63, 3.8) is 0 Å². The van der Waals surface area contributed by atoms with Crippen molar-refractivity contribution in [2.75, 3.05) is 0 Å². The molecule has 1 unspecified atom stereocenters. The highest BCUT2D eigenvalue weighted by molar-refractivity contribution is 5.14. The quantitative estimate of drug-likeness (QED) is 0.726. The van der Waals surface area contributed by atoms with Crippen LogP contribution in [0.15, 0.2) is 18.3 Å². The van der Waals surface area contributed by atoms with Crippen molar-refractivity contribution in [2.24, 2.45) is 5.73 Å². The van der Waals surface area contributed by atoms with E-state index in [1.807, 2.05) is 0 Å². The fourth-order valence-electron chi connectivity index (χ4n) is 1.25. The summed E-state index contributed by atoms with van der Waals surface area (Å²) in [4.78, 5) is 3.56. The Kier molecular flexibility index (Phi) is 3.83. The molecule has 1 atom stereocenters. The Morgan fingerprint density at radius 1 is 1.62 bits per heavy atom. The molecule has 72 valence electrons. The minimum absolute atomic E-state index is 0.214. The van der Waals surface area contributed by atoms with Crippen LogP contribution in [0.2, 0.25) is 0 Å². The summed E-state index contributed by atoms with van der Waals surface area (Å²) in [5.41, 5.74) is 6.33. The Bertz CT molecular complexity index is 263. The van der Waals surface area contributed by atoms with Gasteiger partial charge in [-0.3, -0.25) is 0 Å². The summed E-state index contributed by atoms with van der Waals surface area (Å²) in [6.07, 6.45) is 4.36. The van der Waals surface area contributed by atoms with Crippen LogP contribution in [0.5, 0.6) is 0 Å². The number of pyridine rings is 1. The Balaban J connectivity index is 2.65. The second-order valence-electron chi connectivity index (χ2n) is 3.13. The summed E-state index contributed by atoms with van der Waals surface area (Å²) in [6.45, 7) is 2.09. The first-order valence-corrected chi connectivity index (χ1v) is 4.61. The van der Waals surface area contributed by atoms with Gasteiger partial charge >= 0.3 is 0 Å². The van der Waals surface area contributed by atoms with Crippen LogP contribution in [0.25, 0.3) is 0 Å². The van der Waals surface area contributed by atoms with E-state index in [0.717, 1.165) is 19.3 Å². The molecule has 0 aliphatic carbocycles. The molecule has 0 aliphatic rings. The zero-order valence-corrected chi connectivity index (χ0v) is 7.83. The van der Waals surface area contributed by atoms with E-state index in [1.54, 1.807) is 12.1 Å². The number of hydrogen-bond acceptors (Lipinski definition) is 2. The van der Waals surface area contributed by atoms with E-state index >= 15 is 0 Å². The fraction of sp³-hybridized carbons (Fsp3) is 0.500. The zero-order chi connectivity index (χ0) is 9.68. The van der Waals surface area contributed by atoms with Crippen LogP contribution in [0.4, 0.5) is 4.39 Å². The van der Waals surface area contributed by atoms with Crippen LogP contribution in [0, 0.1) is 5.95 Å². The first-order chi connectivity index (χ1) is 6.25. The molecule has 0 saturated heterocycles. The maximum atomic E-state index is 13.1. The van der Waals surface area contributed by atoms with E-state index in [2.05, 4.69) is 11.9 Å². The smallest absolute Gasteiger partial charge is 0.217 e. The van der Waals surface area contributed by atoms with Crippen molar-refractivity contribution in [3.05, 3.63) is 29.8 Å². The third-order valence-electron chi connectivity index (χ3n) is 2.06. The van der Waals surface area contributed by atoms with Crippen LogP contribution in [-0.4, -0.2) is 4.98 Å². The van der Waals surface area contributed by atoms with E-state index < -0.39 is 5.95 Å². The number of rotatable bonds is 4. The van der Waals surface area contributed by atoms with Gasteiger partial charge in [0.25, 0.3) is 0 Å². The van der Waals surface area contributed by atoms with Gasteiger partial charge in [-0.25, -0.2) is 4.98 Å². The Labute approximate surface area is 78.0 Å². The first kappa shape index (κ1) is 10.1. The highest BCUT2D eigenvalue weighted by Crippen LogP contribution is 2.17. The minimum Gasteiger partial charge on any atom is -0.324 e. The van der Waals surface area contributed by atoms with Crippen LogP contribution in [0.3, 0.4) is 0 Å². The third-order valence-corrected chi connectivity index (χ3v) is 2.06. The molecule has 1 aromatic rings. The average molecular weight is 182 g/mol. The molecule has 0 radical (unpaired) electrons. The van der Waals surface area contributed by atoms with Crippen molar-refractivity contribution < 1.29 is 4.39 Å². The molecule has 0 fully saturated rings. The van der Waals surface area contributed by atoms with E-state index in [4.69, 9.17) is 5.73 Å². The van der Waals surface area contributed by atoms with Gasteiger partial charge in [0.15, 0.2) is 0 Å². The lowest BCUT2D eigenvalue weighted by Crippen LogP contribution is -2.12. The standard InChI is InChI=1S/C10H15FN2/c1-2-3-6-9(12)8-5-4-7-13-10(8)11/h4-5,7,9H,2-3,6,12H2,1H3. The molecular formula is C10H15FN2. The molecule has 1 heterocycles. The predicted octanol–water partition coefficient (Wildman–Crippen LogP) is 2.41. The van der Waals surface area contributed by atoms with E-state index in [1.165, 1.54) is 6.20 Å². The van der Waals surface area contributed by atoms with Crippen LogP contribution >= 0.6 is 0 Å². The van der Waals surface area contributed by atoms with E-state index in [-0.39, 0.29) is 6.04 Å². The topological polar surface area (TPSA) is 38.9 Å². The summed E-state index contributed by atoms with van der Waals surface area (Å²) in [5.74, 6) is -0.439. The lowest BCUT2D eigenvalue weighted by atomic mass is 10.0. The Morgan fingerprint density at radius 2 is 2.38 bits per heavy atom. The maximum Gasteiger partial charge on any atom is 0.217 e. The van der Waals surface area contributed by atoms with Crippen molar-refractivity contribution in [1.29, 1.82) is 0 Å². The molecule has 0 aromatic carbocycles. The number of hydrogen-bond donors (Lipinski definition) is 1. The fourth-order valence-corrected chi connectivity index (χ4v) is 1.25. The van der Waals surface area contributed by atoms with Gasteiger partial charge in [-0.1, -0.05) is 25.8 Å². The minimum atomic E-state index is -0.439. The van der Waals surface area contributed by atoms with Gasteiger partial charge in [0.2, 0.25) is 5.95 Å². The van der Waals surface area contributed by atoms with Gasteiger partial charge in [0.05, 0.1) is 0 Å². The SMILES string of the molecule is CCCCC(N)c1cccnc1F. The molecule has 13 heavy (non-hydrogen) atoms. The van der Waals surface area contributed by atoms with Gasteiger partial charge < -0.3 is 5.73 Å². The highest BCUT2D eigenvalue weighted by Gasteiger charge is 2.10. The van der Waals surface area contributed by atoms with Crippen molar-refractivity contribution in [1.82, 2.24) is 4.98 Å². The first-order valence-electron chi connectivity index (χ1n) is 4.61. The van der Waals surface area contributed by atoms with Crippen molar-refractivity contribution in [3.8, 4) is 0 Å². The molecule has 2 N–H and O–H groups in total. The van der Waals surface area contributed by atoms with Crippen molar-refractivity contribution >= 4 is 0 Å². The maximum absolute atomic E-state index is 13.1. The number of halogens is 1. The summed E-state index contributed by atoms with van der Waals surface area (Å²) >= 11 is 0. The van der Waals surface area contributed by atoms with Crippen LogP contribution in [0.1, 0.15) is 37.8 Å². The van der Waals surface area contributed by atoms with Gasteiger partial charge in [-0.15, -0.1) is 0 Å². The second-order valence-corrected chi connectivity index (χ2v) is 3.13. The van der Waals surface area contributed by atoms with Gasteiger partial charge in [-0.2, -0.15) is 4.39 Å². The second kappa shape index (κ2) is 4.92. The summed E-state index contributed by atoms with van der Waals surface area (Å²) in [7, 11) is 0. The monoisotopic (exact) mass is 182 g/mol. The summed E-state index contributed by atoms with van der Waals surface area (Å²) in [5, 5.41) is 0. The van der Waals surface area contributed by atoms with Crippen LogP contribution < -0.4 is 5.73 Å². The number of nitrogens with zero attached hydrogens (tertiary/aromatic N) is 1. The Hall–Kier alpha value is -0.960. The molecule has 0 aliphatic heterocycles. The van der Waals surface area contributed by atoms with Gasteiger partial charge in [-0.05, 0) is 12.5 Å². The molecule has 0 bridgehead atoms. The van der Waals surface area contributed by atoms with Gasteiger partial charge in [0.1, 0.15) is 0 Å². The summed E-state index contributed by atoms with van der Waals surface area (Å²) < 4.78 is 13.1. The lowest BCUT2D eigenvalue weighted by Gasteiger charge is -2.10. The molecule has 0 amide bonds. The summed E-state index contributed by atoms with van der Waals surface area (Å²) in [6, 6.07) is 3.20.